The van der Waals surface area contributed by atoms with E-state index in [2.05, 4.69) is 47.3 Å². The Bertz CT molecular complexity index is 501. The molecule has 0 bridgehead atoms. The third-order valence-corrected chi connectivity index (χ3v) is 3.53. The number of rotatable bonds is 0. The van der Waals surface area contributed by atoms with Crippen LogP contribution in [0.4, 0.5) is 0 Å². The lowest BCUT2D eigenvalue weighted by Gasteiger charge is -2.23. The molecule has 2 aliphatic heterocycles. The van der Waals surface area contributed by atoms with Crippen LogP contribution in [0.1, 0.15) is 0 Å². The standard InChI is InChI=1S/C12H11NS/c1-2-4-10-9(3-1)7-13-12-5-6-14-8-11(10)12/h1-7,12-13H,8H2. The van der Waals surface area contributed by atoms with Crippen molar-refractivity contribution in [2.45, 2.75) is 6.04 Å². The normalized spacial score (nSPS) is 23.1. The van der Waals surface area contributed by atoms with Crippen molar-refractivity contribution in [3.05, 3.63) is 46.2 Å². The van der Waals surface area contributed by atoms with Gasteiger partial charge in [-0.15, -0.1) is 11.8 Å². The summed E-state index contributed by atoms with van der Waals surface area (Å²) < 4.78 is 0. The molecule has 0 fully saturated rings. The van der Waals surface area contributed by atoms with Gasteiger partial charge in [0.15, 0.2) is 0 Å². The summed E-state index contributed by atoms with van der Waals surface area (Å²) in [5, 5.41) is 8.32. The van der Waals surface area contributed by atoms with E-state index in [9.17, 15) is 0 Å². The predicted octanol–water partition coefficient (Wildman–Crippen LogP) is 0.808. The van der Waals surface area contributed by atoms with Gasteiger partial charge in [-0.3, -0.25) is 0 Å². The van der Waals surface area contributed by atoms with Crippen LogP contribution in [0.5, 0.6) is 0 Å². The number of nitrogens with one attached hydrogen (secondary N) is 1. The average molecular weight is 201 g/mol. The summed E-state index contributed by atoms with van der Waals surface area (Å²) in [5.74, 6) is 1.11. The van der Waals surface area contributed by atoms with Crippen LogP contribution in [-0.2, 0) is 0 Å². The molecule has 1 unspecified atom stereocenters. The van der Waals surface area contributed by atoms with E-state index in [0.29, 0.717) is 6.04 Å². The van der Waals surface area contributed by atoms with Crippen LogP contribution in [0.2, 0.25) is 0 Å². The van der Waals surface area contributed by atoms with Crippen LogP contribution in [0.3, 0.4) is 0 Å². The van der Waals surface area contributed by atoms with Gasteiger partial charge in [0.05, 0.1) is 6.04 Å². The molecule has 1 aromatic rings. The Morgan fingerprint density at radius 3 is 3.21 bits per heavy atom. The minimum Gasteiger partial charge on any atom is -0.380 e. The number of fused-ring (bicyclic) bond motifs is 2. The van der Waals surface area contributed by atoms with Gasteiger partial charge in [0.25, 0.3) is 0 Å². The van der Waals surface area contributed by atoms with Crippen molar-refractivity contribution in [2.24, 2.45) is 0 Å². The highest BCUT2D eigenvalue weighted by Crippen LogP contribution is 2.20. The zero-order chi connectivity index (χ0) is 9.38. The molecule has 1 N–H and O–H groups in total. The highest BCUT2D eigenvalue weighted by molar-refractivity contribution is 8.02. The van der Waals surface area contributed by atoms with E-state index in [1.807, 2.05) is 11.8 Å². The summed E-state index contributed by atoms with van der Waals surface area (Å²) in [6, 6.07) is 9.00. The molecule has 3 rings (SSSR count). The van der Waals surface area contributed by atoms with Gasteiger partial charge in [-0.2, -0.15) is 0 Å². The molecule has 2 aliphatic rings. The molecule has 0 amide bonds. The Morgan fingerprint density at radius 2 is 2.21 bits per heavy atom. The lowest BCUT2D eigenvalue weighted by atomic mass is 10.0. The van der Waals surface area contributed by atoms with Crippen molar-refractivity contribution in [2.75, 3.05) is 5.75 Å². The highest BCUT2D eigenvalue weighted by Gasteiger charge is 2.16. The van der Waals surface area contributed by atoms with Crippen molar-refractivity contribution in [3.63, 3.8) is 0 Å². The monoisotopic (exact) mass is 201 g/mol. The van der Waals surface area contributed by atoms with Gasteiger partial charge in [-0.05, 0) is 21.4 Å². The fourth-order valence-electron chi connectivity index (χ4n) is 1.97. The van der Waals surface area contributed by atoms with E-state index in [-0.39, 0.29) is 0 Å². The fraction of sp³-hybridized carbons (Fsp3) is 0.167. The van der Waals surface area contributed by atoms with Crippen LogP contribution < -0.4 is 15.8 Å². The van der Waals surface area contributed by atoms with Gasteiger partial charge in [-0.1, -0.05) is 30.3 Å². The second kappa shape index (κ2) is 3.21. The minimum absolute atomic E-state index is 0.422. The maximum atomic E-state index is 3.42. The predicted molar refractivity (Wildman–Crippen MR) is 62.1 cm³/mol. The largest absolute Gasteiger partial charge is 0.380 e. The molecule has 0 aliphatic carbocycles. The molecule has 1 nitrogen and oxygen atoms in total. The third kappa shape index (κ3) is 1.18. The van der Waals surface area contributed by atoms with Crippen molar-refractivity contribution < 1.29 is 0 Å². The zero-order valence-corrected chi connectivity index (χ0v) is 8.55. The molecule has 2 heteroatoms. The Morgan fingerprint density at radius 1 is 1.29 bits per heavy atom. The first-order chi connectivity index (χ1) is 6.95. The quantitative estimate of drug-likeness (QED) is 0.666. The molecule has 0 spiro atoms. The Kier molecular flexibility index (Phi) is 1.88. The van der Waals surface area contributed by atoms with Crippen LogP contribution in [0, 0.1) is 0 Å². The van der Waals surface area contributed by atoms with E-state index in [4.69, 9.17) is 0 Å². The van der Waals surface area contributed by atoms with E-state index in [0.717, 1.165) is 5.75 Å². The zero-order valence-electron chi connectivity index (χ0n) is 7.73. The molecule has 0 radical (unpaired) electrons. The van der Waals surface area contributed by atoms with Crippen LogP contribution in [0.15, 0.2) is 35.7 Å². The van der Waals surface area contributed by atoms with E-state index in [1.165, 1.54) is 16.0 Å². The molecule has 14 heavy (non-hydrogen) atoms. The van der Waals surface area contributed by atoms with Gasteiger partial charge < -0.3 is 5.32 Å². The smallest absolute Gasteiger partial charge is 0.0677 e. The molecule has 2 heterocycles. The summed E-state index contributed by atoms with van der Waals surface area (Å²) in [6.45, 7) is 0. The molecule has 1 atom stereocenters. The van der Waals surface area contributed by atoms with Gasteiger partial charge >= 0.3 is 0 Å². The van der Waals surface area contributed by atoms with Crippen LogP contribution >= 0.6 is 11.8 Å². The fourth-order valence-corrected chi connectivity index (χ4v) is 2.85. The van der Waals surface area contributed by atoms with Gasteiger partial charge in [0, 0.05) is 12.0 Å². The lowest BCUT2D eigenvalue weighted by Crippen LogP contribution is -2.42. The van der Waals surface area contributed by atoms with Crippen molar-refractivity contribution in [1.29, 1.82) is 0 Å². The third-order valence-electron chi connectivity index (χ3n) is 2.71. The Hall–Kier alpha value is -1.15. The number of benzene rings is 1. The van der Waals surface area contributed by atoms with Crippen molar-refractivity contribution in [1.82, 2.24) is 5.32 Å². The second-order valence-electron chi connectivity index (χ2n) is 3.54. The number of hydrogen-bond acceptors (Lipinski definition) is 2. The first-order valence-electron chi connectivity index (χ1n) is 4.78. The second-order valence-corrected chi connectivity index (χ2v) is 4.43. The summed E-state index contributed by atoms with van der Waals surface area (Å²) in [7, 11) is 0. The first-order valence-corrected chi connectivity index (χ1v) is 5.83. The van der Waals surface area contributed by atoms with Gasteiger partial charge in [0.2, 0.25) is 0 Å². The molecule has 0 saturated heterocycles. The Labute approximate surface area is 87.2 Å². The summed E-state index contributed by atoms with van der Waals surface area (Å²) in [4.78, 5) is 0. The maximum absolute atomic E-state index is 3.42. The van der Waals surface area contributed by atoms with E-state index < -0.39 is 0 Å². The van der Waals surface area contributed by atoms with Gasteiger partial charge in [0.1, 0.15) is 0 Å². The average Bonchev–Trinajstić information content (AvgIpc) is 2.29. The summed E-state index contributed by atoms with van der Waals surface area (Å²) in [6.07, 6.45) is 4.35. The molecule has 0 saturated carbocycles. The molecular formula is C12H11NS. The van der Waals surface area contributed by atoms with Gasteiger partial charge in [-0.25, -0.2) is 0 Å². The maximum Gasteiger partial charge on any atom is 0.0677 e. The molecular weight excluding hydrogens is 190 g/mol. The SMILES string of the molecule is C1=CC2NC=c3ccccc3=C2CS1. The van der Waals surface area contributed by atoms with E-state index in [1.54, 1.807) is 0 Å². The van der Waals surface area contributed by atoms with Crippen molar-refractivity contribution >= 4 is 23.5 Å². The topological polar surface area (TPSA) is 12.0 Å². The summed E-state index contributed by atoms with van der Waals surface area (Å²) >= 11 is 1.87. The molecule has 0 aromatic heterocycles. The molecule has 1 aromatic carbocycles. The number of hydrogen-bond donors (Lipinski definition) is 1. The first kappa shape index (κ1) is 8.18. The summed E-state index contributed by atoms with van der Waals surface area (Å²) in [5.41, 5.74) is 1.51. The molecule has 70 valence electrons. The van der Waals surface area contributed by atoms with Crippen LogP contribution in [0.25, 0.3) is 11.8 Å². The van der Waals surface area contributed by atoms with E-state index >= 15 is 0 Å². The minimum atomic E-state index is 0.422. The van der Waals surface area contributed by atoms with Crippen molar-refractivity contribution in [3.8, 4) is 0 Å². The highest BCUT2D eigenvalue weighted by atomic mass is 32.2. The Balaban J connectivity index is 2.34. The number of thioether (sulfide) groups is 1. The lowest BCUT2D eigenvalue weighted by molar-refractivity contribution is 0.870. The van der Waals surface area contributed by atoms with Crippen LogP contribution in [-0.4, -0.2) is 11.8 Å².